The van der Waals surface area contributed by atoms with Gasteiger partial charge >= 0.3 is 5.69 Å². The van der Waals surface area contributed by atoms with Crippen molar-refractivity contribution in [3.05, 3.63) is 50.9 Å². The molecule has 3 aromatic heterocycles. The van der Waals surface area contributed by atoms with Crippen LogP contribution in [-0.4, -0.2) is 41.0 Å². The Hall–Kier alpha value is -3.34. The average molecular weight is 470 g/mol. The smallest absolute Gasteiger partial charge is 0.330 e. The van der Waals surface area contributed by atoms with E-state index in [2.05, 4.69) is 22.1 Å². The number of hydrogen-bond donors (Lipinski definition) is 1. The number of hydrogen-bond acceptors (Lipinski definition) is 7. The van der Waals surface area contributed by atoms with E-state index in [1.165, 1.54) is 11.8 Å². The number of H-pyrrole nitrogens is 1. The van der Waals surface area contributed by atoms with E-state index in [0.717, 1.165) is 35.1 Å². The van der Waals surface area contributed by atoms with Crippen molar-refractivity contribution in [2.24, 2.45) is 7.05 Å². The lowest BCUT2D eigenvalue weighted by molar-refractivity contribution is 0.415. The van der Waals surface area contributed by atoms with Gasteiger partial charge in [0.05, 0.1) is 12.9 Å². The lowest BCUT2D eigenvalue weighted by Gasteiger charge is -2.07. The van der Waals surface area contributed by atoms with Gasteiger partial charge in [-0.1, -0.05) is 37.2 Å². The second-order valence-corrected chi connectivity index (χ2v) is 8.54. The molecule has 0 atom stereocenters. The first kappa shape index (κ1) is 22.8. The normalized spacial score (nSPS) is 11.4. The number of aryl methyl sites for hydroxylation is 2. The van der Waals surface area contributed by atoms with Crippen molar-refractivity contribution in [3.63, 3.8) is 0 Å². The fourth-order valence-corrected chi connectivity index (χ4v) is 4.63. The van der Waals surface area contributed by atoms with Crippen LogP contribution in [0.2, 0.25) is 0 Å². The molecule has 0 bridgehead atoms. The zero-order valence-corrected chi connectivity index (χ0v) is 20.0. The molecule has 4 rings (SSSR count). The van der Waals surface area contributed by atoms with Gasteiger partial charge in [-0.15, -0.1) is 10.2 Å². The van der Waals surface area contributed by atoms with E-state index < -0.39 is 11.2 Å². The highest BCUT2D eigenvalue weighted by Gasteiger charge is 2.19. The summed E-state index contributed by atoms with van der Waals surface area (Å²) in [6, 6.07) is 7.66. The van der Waals surface area contributed by atoms with Gasteiger partial charge in [0.1, 0.15) is 11.6 Å². The minimum atomic E-state index is -0.419. The number of aromatic nitrogens is 7. The van der Waals surface area contributed by atoms with Crippen LogP contribution < -0.4 is 16.0 Å². The summed E-state index contributed by atoms with van der Waals surface area (Å²) in [7, 11) is 3.54. The second-order valence-electron chi connectivity index (χ2n) is 7.59. The Bertz CT molecular complexity index is 1400. The van der Waals surface area contributed by atoms with Crippen LogP contribution in [0.5, 0.6) is 5.75 Å². The molecule has 0 saturated carbocycles. The lowest BCUT2D eigenvalue weighted by Crippen LogP contribution is -2.31. The largest absolute Gasteiger partial charge is 0.497 e. The van der Waals surface area contributed by atoms with Gasteiger partial charge in [0.25, 0.3) is 5.56 Å². The summed E-state index contributed by atoms with van der Waals surface area (Å²) in [4.78, 5) is 32.1. The van der Waals surface area contributed by atoms with Crippen molar-refractivity contribution < 1.29 is 4.74 Å². The van der Waals surface area contributed by atoms with Crippen molar-refractivity contribution in [3.8, 4) is 17.1 Å². The van der Waals surface area contributed by atoms with Crippen molar-refractivity contribution in [2.75, 3.05) is 7.11 Å². The maximum Gasteiger partial charge on any atom is 0.330 e. The molecule has 0 aliphatic heterocycles. The summed E-state index contributed by atoms with van der Waals surface area (Å²) >= 11 is 1.48. The van der Waals surface area contributed by atoms with Gasteiger partial charge < -0.3 is 13.9 Å². The van der Waals surface area contributed by atoms with E-state index in [1.807, 2.05) is 47.4 Å². The summed E-state index contributed by atoms with van der Waals surface area (Å²) < 4.78 is 10.7. The highest BCUT2D eigenvalue weighted by atomic mass is 32.2. The third kappa shape index (κ3) is 4.32. The molecule has 0 aliphatic rings. The van der Waals surface area contributed by atoms with Gasteiger partial charge in [-0.3, -0.25) is 14.3 Å². The molecule has 0 spiro atoms. The van der Waals surface area contributed by atoms with Crippen LogP contribution in [0, 0.1) is 0 Å². The van der Waals surface area contributed by atoms with Gasteiger partial charge in [-0.25, -0.2) is 9.78 Å². The first-order valence-electron chi connectivity index (χ1n) is 10.9. The molecule has 0 unspecified atom stereocenters. The van der Waals surface area contributed by atoms with Crippen LogP contribution in [0.1, 0.15) is 32.5 Å². The minimum Gasteiger partial charge on any atom is -0.497 e. The highest BCUT2D eigenvalue weighted by Crippen LogP contribution is 2.27. The van der Waals surface area contributed by atoms with Crippen LogP contribution in [0.15, 0.2) is 39.0 Å². The van der Waals surface area contributed by atoms with Crippen molar-refractivity contribution >= 4 is 22.9 Å². The van der Waals surface area contributed by atoms with Crippen molar-refractivity contribution in [1.29, 1.82) is 0 Å². The molecule has 0 radical (unpaired) electrons. The maximum atomic E-state index is 12.6. The van der Waals surface area contributed by atoms with E-state index >= 15 is 0 Å². The van der Waals surface area contributed by atoms with E-state index in [9.17, 15) is 9.59 Å². The van der Waals surface area contributed by atoms with E-state index in [4.69, 9.17) is 9.72 Å². The predicted octanol–water partition coefficient (Wildman–Crippen LogP) is 2.80. The van der Waals surface area contributed by atoms with Gasteiger partial charge in [-0.2, -0.15) is 0 Å². The maximum absolute atomic E-state index is 12.6. The average Bonchev–Trinajstić information content (AvgIpc) is 3.37. The number of unbranched alkanes of at least 4 members (excludes halogenated alkanes) is 1. The number of aromatic amines is 1. The molecular formula is C22H27N7O3S. The topological polar surface area (TPSA) is 113 Å². The highest BCUT2D eigenvalue weighted by molar-refractivity contribution is 7.98. The molecule has 11 heteroatoms. The molecule has 1 aromatic carbocycles. The molecular weight excluding hydrogens is 442 g/mol. The summed E-state index contributed by atoms with van der Waals surface area (Å²) in [5, 5.41) is 9.40. The summed E-state index contributed by atoms with van der Waals surface area (Å²) in [5.41, 5.74) is 0.941. The zero-order valence-electron chi connectivity index (χ0n) is 19.2. The molecule has 33 heavy (non-hydrogen) atoms. The van der Waals surface area contributed by atoms with Crippen molar-refractivity contribution in [2.45, 2.75) is 50.7 Å². The standard InChI is InChI=1S/C22H27N7O3S/c1-5-7-11-29-19-17(20(30)24-21(29)31)28(6-2)16(23-19)13-33-22-26-25-18(27(22)3)14-9-8-10-15(12-14)32-4/h8-10,12H,5-7,11,13H2,1-4H3,(H,24,30,31). The molecule has 0 saturated heterocycles. The Kier molecular flexibility index (Phi) is 6.68. The minimum absolute atomic E-state index is 0.410. The third-order valence-electron chi connectivity index (χ3n) is 5.51. The molecule has 10 nitrogen and oxygen atoms in total. The Morgan fingerprint density at radius 1 is 1.15 bits per heavy atom. The molecule has 4 aromatic rings. The summed E-state index contributed by atoms with van der Waals surface area (Å²) in [6.45, 7) is 5.10. The first-order valence-corrected chi connectivity index (χ1v) is 11.9. The molecule has 174 valence electrons. The van der Waals surface area contributed by atoms with Crippen molar-refractivity contribution in [1.82, 2.24) is 33.9 Å². The van der Waals surface area contributed by atoms with E-state index in [1.54, 1.807) is 11.7 Å². The Morgan fingerprint density at radius 3 is 2.70 bits per heavy atom. The predicted molar refractivity (Wildman–Crippen MR) is 128 cm³/mol. The van der Waals surface area contributed by atoms with E-state index in [-0.39, 0.29) is 0 Å². The number of ether oxygens (including phenoxy) is 1. The molecule has 0 amide bonds. The number of methoxy groups -OCH3 is 1. The van der Waals surface area contributed by atoms with Crippen LogP contribution in [-0.2, 0) is 25.9 Å². The molecule has 0 fully saturated rings. The number of rotatable bonds is 9. The summed E-state index contributed by atoms with van der Waals surface area (Å²) in [6.07, 6.45) is 1.77. The Balaban J connectivity index is 1.66. The van der Waals surface area contributed by atoms with Gasteiger partial charge in [0.15, 0.2) is 22.1 Å². The number of benzene rings is 1. The number of imidazole rings is 1. The number of fused-ring (bicyclic) bond motifs is 1. The molecule has 1 N–H and O–H groups in total. The van der Waals surface area contributed by atoms with E-state index in [0.29, 0.717) is 35.8 Å². The summed E-state index contributed by atoms with van der Waals surface area (Å²) in [5.74, 6) is 2.67. The fraction of sp³-hybridized carbons (Fsp3) is 0.409. The quantitative estimate of drug-likeness (QED) is 0.375. The van der Waals surface area contributed by atoms with Gasteiger partial charge in [0, 0.05) is 25.7 Å². The molecule has 3 heterocycles. The lowest BCUT2D eigenvalue weighted by atomic mass is 10.2. The van der Waals surface area contributed by atoms with Gasteiger partial charge in [-0.05, 0) is 25.5 Å². The first-order chi connectivity index (χ1) is 16.0. The number of thioether (sulfide) groups is 1. The number of nitrogens with one attached hydrogen (secondary N) is 1. The SMILES string of the molecule is CCCCn1c(=O)[nH]c(=O)c2c1nc(CSc1nnc(-c3cccc(OC)c3)n1C)n2CC. The molecule has 0 aliphatic carbocycles. The van der Waals surface area contributed by atoms with Crippen LogP contribution in [0.25, 0.3) is 22.6 Å². The second kappa shape index (κ2) is 9.65. The third-order valence-corrected chi connectivity index (χ3v) is 6.53. The monoisotopic (exact) mass is 469 g/mol. The Labute approximate surface area is 194 Å². The van der Waals surface area contributed by atoms with Crippen LogP contribution in [0.3, 0.4) is 0 Å². The van der Waals surface area contributed by atoms with Crippen LogP contribution in [0.4, 0.5) is 0 Å². The Morgan fingerprint density at radius 2 is 1.97 bits per heavy atom. The van der Waals surface area contributed by atoms with Gasteiger partial charge in [0.2, 0.25) is 0 Å². The zero-order chi connectivity index (χ0) is 23.5. The fourth-order valence-electron chi connectivity index (χ4n) is 3.78. The van der Waals surface area contributed by atoms with Crippen LogP contribution >= 0.6 is 11.8 Å². The number of nitrogens with zero attached hydrogens (tertiary/aromatic N) is 6.